The van der Waals surface area contributed by atoms with Crippen molar-refractivity contribution in [3.63, 3.8) is 0 Å². The SMILES string of the molecule is CC(NC(=O)CC1CSCCN1)c1noc(Cc2ccccc2)n1.Cl. The van der Waals surface area contributed by atoms with Gasteiger partial charge >= 0.3 is 0 Å². The molecule has 1 saturated heterocycles. The summed E-state index contributed by atoms with van der Waals surface area (Å²) in [7, 11) is 0. The fraction of sp³-hybridized carbons (Fsp3) is 0.471. The van der Waals surface area contributed by atoms with E-state index in [2.05, 4.69) is 20.8 Å². The normalized spacial score (nSPS) is 18.2. The molecule has 0 radical (unpaired) electrons. The number of rotatable bonds is 6. The number of thioether (sulfide) groups is 1. The molecule has 1 aromatic carbocycles. The minimum Gasteiger partial charge on any atom is -0.346 e. The average Bonchev–Trinajstić information content (AvgIpc) is 3.05. The van der Waals surface area contributed by atoms with Crippen LogP contribution in [0.25, 0.3) is 0 Å². The largest absolute Gasteiger partial charge is 0.346 e. The topological polar surface area (TPSA) is 80.0 Å². The fourth-order valence-corrected chi connectivity index (χ4v) is 3.57. The molecule has 136 valence electrons. The van der Waals surface area contributed by atoms with Crippen LogP contribution in [0, 0.1) is 0 Å². The summed E-state index contributed by atoms with van der Waals surface area (Å²) in [4.78, 5) is 16.5. The second kappa shape index (κ2) is 9.79. The highest BCUT2D eigenvalue weighted by Crippen LogP contribution is 2.14. The molecule has 3 rings (SSSR count). The maximum atomic E-state index is 12.1. The lowest BCUT2D eigenvalue weighted by molar-refractivity contribution is -0.122. The number of carbonyl (C=O) groups excluding carboxylic acids is 1. The van der Waals surface area contributed by atoms with Gasteiger partial charge in [-0.1, -0.05) is 35.5 Å². The van der Waals surface area contributed by atoms with Gasteiger partial charge in [-0.3, -0.25) is 4.79 Å². The van der Waals surface area contributed by atoms with Crippen LogP contribution >= 0.6 is 24.2 Å². The maximum absolute atomic E-state index is 12.1. The Bertz CT molecular complexity index is 662. The summed E-state index contributed by atoms with van der Waals surface area (Å²) in [5, 5.41) is 10.3. The maximum Gasteiger partial charge on any atom is 0.231 e. The van der Waals surface area contributed by atoms with Crippen LogP contribution in [-0.4, -0.2) is 40.1 Å². The summed E-state index contributed by atoms with van der Waals surface area (Å²) < 4.78 is 5.29. The van der Waals surface area contributed by atoms with Crippen molar-refractivity contribution in [2.75, 3.05) is 18.1 Å². The van der Waals surface area contributed by atoms with E-state index >= 15 is 0 Å². The molecule has 0 saturated carbocycles. The molecule has 1 fully saturated rings. The Hall–Kier alpha value is -1.57. The molecule has 6 nitrogen and oxygen atoms in total. The first-order valence-corrected chi connectivity index (χ1v) is 9.33. The number of nitrogens with zero attached hydrogens (tertiary/aromatic N) is 2. The number of carbonyl (C=O) groups is 1. The molecule has 1 aliphatic heterocycles. The van der Waals surface area contributed by atoms with Crippen molar-refractivity contribution in [2.45, 2.75) is 31.8 Å². The summed E-state index contributed by atoms with van der Waals surface area (Å²) >= 11 is 1.88. The smallest absolute Gasteiger partial charge is 0.231 e. The molecular formula is C17H23ClN4O2S. The van der Waals surface area contributed by atoms with E-state index in [0.29, 0.717) is 24.6 Å². The van der Waals surface area contributed by atoms with Gasteiger partial charge in [0.1, 0.15) is 0 Å². The summed E-state index contributed by atoms with van der Waals surface area (Å²) in [5.74, 6) is 3.17. The lowest BCUT2D eigenvalue weighted by atomic mass is 10.1. The van der Waals surface area contributed by atoms with Crippen molar-refractivity contribution in [2.24, 2.45) is 0 Å². The standard InChI is InChI=1S/C17H22N4O2S.ClH/c1-12(19-15(22)10-14-11-24-8-7-18-14)17-20-16(23-21-17)9-13-5-3-2-4-6-13;/h2-6,12,14,18H,7-11H2,1H3,(H,19,22);1H. The minimum absolute atomic E-state index is 0. The molecule has 1 aromatic heterocycles. The second-order valence-electron chi connectivity index (χ2n) is 5.93. The van der Waals surface area contributed by atoms with E-state index in [1.54, 1.807) is 0 Å². The van der Waals surface area contributed by atoms with Gasteiger partial charge < -0.3 is 15.2 Å². The third kappa shape index (κ3) is 6.02. The number of halogens is 1. The zero-order valence-electron chi connectivity index (χ0n) is 14.1. The second-order valence-corrected chi connectivity index (χ2v) is 7.08. The van der Waals surface area contributed by atoms with Crippen LogP contribution in [0.3, 0.4) is 0 Å². The van der Waals surface area contributed by atoms with Gasteiger partial charge in [-0.2, -0.15) is 16.7 Å². The molecule has 0 bridgehead atoms. The van der Waals surface area contributed by atoms with E-state index in [4.69, 9.17) is 4.52 Å². The monoisotopic (exact) mass is 382 g/mol. The molecule has 25 heavy (non-hydrogen) atoms. The van der Waals surface area contributed by atoms with Crippen LogP contribution in [0.5, 0.6) is 0 Å². The molecule has 0 aliphatic carbocycles. The number of hydrogen-bond acceptors (Lipinski definition) is 6. The Labute approximate surface area is 157 Å². The third-order valence-corrected chi connectivity index (χ3v) is 5.01. The molecule has 2 heterocycles. The van der Waals surface area contributed by atoms with Crippen LogP contribution in [0.1, 0.15) is 36.7 Å². The highest BCUT2D eigenvalue weighted by atomic mass is 35.5. The van der Waals surface area contributed by atoms with Gasteiger partial charge in [0.25, 0.3) is 0 Å². The molecule has 1 aliphatic rings. The van der Waals surface area contributed by atoms with E-state index < -0.39 is 0 Å². The van der Waals surface area contributed by atoms with Crippen molar-refractivity contribution in [1.82, 2.24) is 20.8 Å². The highest BCUT2D eigenvalue weighted by molar-refractivity contribution is 7.99. The van der Waals surface area contributed by atoms with Crippen LogP contribution in [0.15, 0.2) is 34.9 Å². The van der Waals surface area contributed by atoms with Crippen LogP contribution in [0.2, 0.25) is 0 Å². The molecule has 0 spiro atoms. The minimum atomic E-state index is -0.262. The molecule has 2 atom stereocenters. The van der Waals surface area contributed by atoms with Gasteiger partial charge in [0, 0.05) is 30.5 Å². The Balaban J connectivity index is 0.00000225. The number of amides is 1. The number of aromatic nitrogens is 2. The Kier molecular flexibility index (Phi) is 7.74. The predicted molar refractivity (Wildman–Crippen MR) is 101 cm³/mol. The van der Waals surface area contributed by atoms with Crippen LogP contribution < -0.4 is 10.6 Å². The molecular weight excluding hydrogens is 360 g/mol. The molecule has 2 aromatic rings. The van der Waals surface area contributed by atoms with Crippen molar-refractivity contribution >= 4 is 30.1 Å². The van der Waals surface area contributed by atoms with E-state index in [0.717, 1.165) is 23.6 Å². The predicted octanol–water partition coefficient (Wildman–Crippen LogP) is 2.35. The summed E-state index contributed by atoms with van der Waals surface area (Å²) in [6, 6.07) is 9.95. The van der Waals surface area contributed by atoms with E-state index in [9.17, 15) is 4.79 Å². The van der Waals surface area contributed by atoms with Crippen molar-refractivity contribution in [1.29, 1.82) is 0 Å². The first-order valence-electron chi connectivity index (χ1n) is 8.17. The zero-order chi connectivity index (χ0) is 16.8. The third-order valence-electron chi connectivity index (χ3n) is 3.88. The molecule has 1 amide bonds. The van der Waals surface area contributed by atoms with Crippen molar-refractivity contribution in [3.05, 3.63) is 47.6 Å². The summed E-state index contributed by atoms with van der Waals surface area (Å²) in [5.41, 5.74) is 1.12. The lowest BCUT2D eigenvalue weighted by Gasteiger charge is -2.23. The van der Waals surface area contributed by atoms with Crippen molar-refractivity contribution < 1.29 is 9.32 Å². The van der Waals surface area contributed by atoms with E-state index in [1.807, 2.05) is 49.0 Å². The molecule has 8 heteroatoms. The van der Waals surface area contributed by atoms with Gasteiger partial charge in [-0.15, -0.1) is 12.4 Å². The van der Waals surface area contributed by atoms with Gasteiger partial charge in [-0.05, 0) is 12.5 Å². The average molecular weight is 383 g/mol. The Morgan fingerprint density at radius 1 is 1.44 bits per heavy atom. The number of benzene rings is 1. The zero-order valence-corrected chi connectivity index (χ0v) is 15.7. The quantitative estimate of drug-likeness (QED) is 0.798. The summed E-state index contributed by atoms with van der Waals surface area (Å²) in [6.07, 6.45) is 1.07. The summed E-state index contributed by atoms with van der Waals surface area (Å²) in [6.45, 7) is 2.84. The Morgan fingerprint density at radius 3 is 2.96 bits per heavy atom. The van der Waals surface area contributed by atoms with Gasteiger partial charge in [-0.25, -0.2) is 0 Å². The van der Waals surface area contributed by atoms with Gasteiger partial charge in [0.15, 0.2) is 5.82 Å². The number of hydrogen-bond donors (Lipinski definition) is 2. The van der Waals surface area contributed by atoms with E-state index in [1.165, 1.54) is 0 Å². The van der Waals surface area contributed by atoms with Crippen molar-refractivity contribution in [3.8, 4) is 0 Å². The van der Waals surface area contributed by atoms with Gasteiger partial charge in [0.2, 0.25) is 11.8 Å². The van der Waals surface area contributed by atoms with E-state index in [-0.39, 0.29) is 30.4 Å². The highest BCUT2D eigenvalue weighted by Gasteiger charge is 2.20. The first kappa shape index (κ1) is 19.8. The Morgan fingerprint density at radius 2 is 2.24 bits per heavy atom. The lowest BCUT2D eigenvalue weighted by Crippen LogP contribution is -2.41. The molecule has 2 N–H and O–H groups in total. The van der Waals surface area contributed by atoms with Gasteiger partial charge in [0.05, 0.1) is 12.5 Å². The van der Waals surface area contributed by atoms with Crippen LogP contribution in [-0.2, 0) is 11.2 Å². The van der Waals surface area contributed by atoms with Crippen LogP contribution in [0.4, 0.5) is 0 Å². The first-order chi connectivity index (χ1) is 11.7. The number of nitrogens with one attached hydrogen (secondary N) is 2. The molecule has 2 unspecified atom stereocenters. The fourth-order valence-electron chi connectivity index (χ4n) is 2.63.